The number of hydrogen-bond acceptors (Lipinski definition) is 3. The number of carbonyl (C=O) groups is 2. The van der Waals surface area contributed by atoms with Crippen LogP contribution in [0.4, 0.5) is 0 Å². The summed E-state index contributed by atoms with van der Waals surface area (Å²) < 4.78 is 7.25. The lowest BCUT2D eigenvalue weighted by Gasteiger charge is -2.17. The number of aromatic nitrogens is 1. The lowest BCUT2D eigenvalue weighted by atomic mass is 10.0. The second-order valence-electron chi connectivity index (χ2n) is 9.21. The second kappa shape index (κ2) is 9.79. The van der Waals surface area contributed by atoms with E-state index in [2.05, 4.69) is 49.6 Å². The molecule has 1 aromatic heterocycles. The van der Waals surface area contributed by atoms with Crippen molar-refractivity contribution in [2.45, 2.75) is 41.0 Å². The van der Waals surface area contributed by atoms with E-state index in [1.807, 2.05) is 50.3 Å². The van der Waals surface area contributed by atoms with E-state index >= 15 is 0 Å². The molecule has 1 amide bonds. The Labute approximate surface area is 207 Å². The maximum absolute atomic E-state index is 13.5. The molecule has 5 nitrogen and oxygen atoms in total. The van der Waals surface area contributed by atoms with Crippen molar-refractivity contribution in [1.29, 1.82) is 0 Å². The predicted molar refractivity (Wildman–Crippen MR) is 139 cm³/mol. The van der Waals surface area contributed by atoms with Crippen molar-refractivity contribution in [3.63, 3.8) is 0 Å². The summed E-state index contributed by atoms with van der Waals surface area (Å²) in [6, 6.07) is 18.5. The summed E-state index contributed by atoms with van der Waals surface area (Å²) in [6.07, 6.45) is 2.54. The van der Waals surface area contributed by atoms with Gasteiger partial charge in [-0.05, 0) is 87.6 Å². The number of methoxy groups -OCH3 is 1. The predicted octanol–water partition coefficient (Wildman–Crippen LogP) is 5.63. The van der Waals surface area contributed by atoms with Crippen molar-refractivity contribution in [3.05, 3.63) is 105 Å². The van der Waals surface area contributed by atoms with Crippen LogP contribution in [0.15, 0.2) is 71.4 Å². The molecule has 0 radical (unpaired) electrons. The van der Waals surface area contributed by atoms with E-state index < -0.39 is 5.97 Å². The number of hydrogen-bond donors (Lipinski definition) is 0. The number of benzene rings is 2. The molecule has 0 atom stereocenters. The van der Waals surface area contributed by atoms with E-state index in [9.17, 15) is 9.59 Å². The Kier molecular flexibility index (Phi) is 6.79. The summed E-state index contributed by atoms with van der Waals surface area (Å²) in [7, 11) is 1.35. The third-order valence-electron chi connectivity index (χ3n) is 6.60. The van der Waals surface area contributed by atoms with Gasteiger partial charge in [-0.1, -0.05) is 36.4 Å². The molecule has 1 aliphatic heterocycles. The number of allylic oxidation sites excluding steroid dienone is 1. The normalized spacial score (nSPS) is 14.9. The zero-order valence-electron chi connectivity index (χ0n) is 21.3. The van der Waals surface area contributed by atoms with Gasteiger partial charge in [-0.2, -0.15) is 0 Å². The summed E-state index contributed by atoms with van der Waals surface area (Å²) in [5.74, 6) is -0.664. The maximum Gasteiger partial charge on any atom is 0.340 e. The molecule has 0 unspecified atom stereocenters. The van der Waals surface area contributed by atoms with Crippen molar-refractivity contribution >= 4 is 18.0 Å². The van der Waals surface area contributed by atoms with Gasteiger partial charge < -0.3 is 14.2 Å². The average molecular weight is 469 g/mol. The molecule has 0 spiro atoms. The molecule has 0 bridgehead atoms. The zero-order chi connectivity index (χ0) is 25.3. The standard InChI is InChI=1S/C30H32N2O3/c1-19-14-20(2)16-26(15-19)32-21(3)17-25(22(32)4)18-27-28(30(34)35-6)23(5)31(29(27)33)13-12-24-10-8-7-9-11-24/h7-11,14-18H,12-13H2,1-6H3/b27-18-. The number of ether oxygens (including phenoxy) is 1. The molecular formula is C30H32N2O3. The van der Waals surface area contributed by atoms with Gasteiger partial charge in [0.25, 0.3) is 5.91 Å². The topological polar surface area (TPSA) is 51.5 Å². The van der Waals surface area contributed by atoms with E-state index in [0.717, 1.165) is 28.2 Å². The molecule has 3 aromatic rings. The molecule has 2 aromatic carbocycles. The Morgan fingerprint density at radius 1 is 0.943 bits per heavy atom. The third-order valence-corrected chi connectivity index (χ3v) is 6.60. The molecular weight excluding hydrogens is 436 g/mol. The van der Waals surface area contributed by atoms with Crippen molar-refractivity contribution in [2.75, 3.05) is 13.7 Å². The minimum absolute atomic E-state index is 0.171. The fourth-order valence-corrected chi connectivity index (χ4v) is 4.95. The number of aryl methyl sites for hydroxylation is 3. The van der Waals surface area contributed by atoms with E-state index in [-0.39, 0.29) is 5.91 Å². The Balaban J connectivity index is 1.74. The minimum Gasteiger partial charge on any atom is -0.465 e. The van der Waals surface area contributed by atoms with Crippen LogP contribution < -0.4 is 0 Å². The highest BCUT2D eigenvalue weighted by Gasteiger charge is 2.37. The molecule has 2 heterocycles. The Bertz CT molecular complexity index is 1340. The molecule has 1 aliphatic rings. The first-order chi connectivity index (χ1) is 16.7. The summed E-state index contributed by atoms with van der Waals surface area (Å²) in [6.45, 7) is 10.6. The molecule has 0 aliphatic carbocycles. The molecule has 0 saturated heterocycles. The van der Waals surface area contributed by atoms with E-state index in [0.29, 0.717) is 29.8 Å². The fraction of sp³-hybridized carbons (Fsp3) is 0.267. The maximum atomic E-state index is 13.5. The SMILES string of the molecule is COC(=O)C1=C(C)N(CCc2ccccc2)C(=O)/C1=C\c1cc(C)n(-c2cc(C)cc(C)c2)c1C. The number of amides is 1. The quantitative estimate of drug-likeness (QED) is 0.348. The second-order valence-corrected chi connectivity index (χ2v) is 9.21. The third kappa shape index (κ3) is 4.72. The van der Waals surface area contributed by atoms with Crippen molar-refractivity contribution in [3.8, 4) is 5.69 Å². The molecule has 0 fully saturated rings. The number of rotatable bonds is 6. The van der Waals surface area contributed by atoms with Crippen LogP contribution in [0.5, 0.6) is 0 Å². The number of carbonyl (C=O) groups excluding carboxylic acids is 2. The van der Waals surface area contributed by atoms with Gasteiger partial charge in [0.1, 0.15) is 0 Å². The van der Waals surface area contributed by atoms with E-state index in [1.165, 1.54) is 18.2 Å². The molecule has 0 saturated carbocycles. The number of nitrogens with zero attached hydrogens (tertiary/aromatic N) is 2. The van der Waals surface area contributed by atoms with Crippen LogP contribution in [-0.4, -0.2) is 35.0 Å². The fourth-order valence-electron chi connectivity index (χ4n) is 4.95. The average Bonchev–Trinajstić information content (AvgIpc) is 3.23. The largest absolute Gasteiger partial charge is 0.465 e. The monoisotopic (exact) mass is 468 g/mol. The Hall–Kier alpha value is -3.86. The van der Waals surface area contributed by atoms with Gasteiger partial charge >= 0.3 is 5.97 Å². The molecule has 180 valence electrons. The van der Waals surface area contributed by atoms with Gasteiger partial charge in [-0.25, -0.2) is 4.79 Å². The van der Waals surface area contributed by atoms with Crippen LogP contribution >= 0.6 is 0 Å². The minimum atomic E-state index is -0.493. The summed E-state index contributed by atoms with van der Waals surface area (Å²) in [4.78, 5) is 28.0. The van der Waals surface area contributed by atoms with Gasteiger partial charge in [0.05, 0.1) is 18.3 Å². The molecule has 4 rings (SSSR count). The first-order valence-corrected chi connectivity index (χ1v) is 11.9. The van der Waals surface area contributed by atoms with Crippen molar-refractivity contribution in [2.24, 2.45) is 0 Å². The summed E-state index contributed by atoms with van der Waals surface area (Å²) >= 11 is 0. The molecule has 35 heavy (non-hydrogen) atoms. The van der Waals surface area contributed by atoms with Crippen molar-refractivity contribution in [1.82, 2.24) is 9.47 Å². The van der Waals surface area contributed by atoms with Gasteiger partial charge in [0.15, 0.2) is 0 Å². The Morgan fingerprint density at radius 3 is 2.23 bits per heavy atom. The number of esters is 1. The lowest BCUT2D eigenvalue weighted by Crippen LogP contribution is -2.27. The van der Waals surface area contributed by atoms with Gasteiger partial charge in [0.2, 0.25) is 0 Å². The van der Waals surface area contributed by atoms with Gasteiger partial charge in [-0.3, -0.25) is 4.79 Å². The van der Waals surface area contributed by atoms with Crippen LogP contribution in [0.3, 0.4) is 0 Å². The highest BCUT2D eigenvalue weighted by Crippen LogP contribution is 2.33. The van der Waals surface area contributed by atoms with Crippen LogP contribution in [0, 0.1) is 27.7 Å². The first kappa shape index (κ1) is 24.3. The van der Waals surface area contributed by atoms with E-state index in [4.69, 9.17) is 4.74 Å². The summed E-state index contributed by atoms with van der Waals surface area (Å²) in [5, 5.41) is 0. The lowest BCUT2D eigenvalue weighted by molar-refractivity contribution is -0.136. The highest BCUT2D eigenvalue weighted by atomic mass is 16.5. The highest BCUT2D eigenvalue weighted by molar-refractivity contribution is 6.16. The smallest absolute Gasteiger partial charge is 0.340 e. The summed E-state index contributed by atoms with van der Waals surface area (Å²) in [5.41, 5.74) is 8.94. The first-order valence-electron chi connectivity index (χ1n) is 11.9. The molecule has 5 heteroatoms. The zero-order valence-corrected chi connectivity index (χ0v) is 21.3. The van der Waals surface area contributed by atoms with Crippen LogP contribution in [0.25, 0.3) is 11.8 Å². The van der Waals surface area contributed by atoms with Gasteiger partial charge in [-0.15, -0.1) is 0 Å². The molecule has 0 N–H and O–H groups in total. The van der Waals surface area contributed by atoms with Crippen LogP contribution in [0.1, 0.15) is 40.6 Å². The van der Waals surface area contributed by atoms with Crippen LogP contribution in [0.2, 0.25) is 0 Å². The van der Waals surface area contributed by atoms with Crippen LogP contribution in [-0.2, 0) is 20.7 Å². The van der Waals surface area contributed by atoms with Crippen molar-refractivity contribution < 1.29 is 14.3 Å². The van der Waals surface area contributed by atoms with Gasteiger partial charge in [0, 0.05) is 29.3 Å². The Morgan fingerprint density at radius 2 is 1.60 bits per heavy atom. The van der Waals surface area contributed by atoms with E-state index in [1.54, 1.807) is 4.90 Å².